The molecule has 2 atom stereocenters. The standard InChI is InChI=1S/C21H24N4O2/c1-2-17-14-19(8-11-25(17)21(22)26)27-18-5-3-15(4-6-18)16-7-10-24-12-9-23-20(24)13-16/h3-7,9-10,12-13,17,19H,2,8,11,14H2,1H3,(H2,22,26). The van der Waals surface area contributed by atoms with E-state index in [0.29, 0.717) is 6.54 Å². The van der Waals surface area contributed by atoms with Crippen molar-refractivity contribution in [2.75, 3.05) is 6.54 Å². The van der Waals surface area contributed by atoms with Crippen molar-refractivity contribution in [2.45, 2.75) is 38.3 Å². The minimum Gasteiger partial charge on any atom is -0.490 e. The molecular formula is C21H24N4O2. The van der Waals surface area contributed by atoms with Crippen molar-refractivity contribution in [1.82, 2.24) is 14.3 Å². The predicted molar refractivity (Wildman–Crippen MR) is 105 cm³/mol. The molecule has 0 bridgehead atoms. The Balaban J connectivity index is 1.44. The maximum Gasteiger partial charge on any atom is 0.315 e. The van der Waals surface area contributed by atoms with E-state index >= 15 is 0 Å². The average molecular weight is 364 g/mol. The van der Waals surface area contributed by atoms with E-state index in [0.717, 1.165) is 41.8 Å². The zero-order chi connectivity index (χ0) is 18.8. The van der Waals surface area contributed by atoms with Gasteiger partial charge in [0.05, 0.1) is 0 Å². The number of carbonyl (C=O) groups is 1. The van der Waals surface area contributed by atoms with Crippen LogP contribution in [0.25, 0.3) is 16.8 Å². The van der Waals surface area contributed by atoms with Gasteiger partial charge in [-0.2, -0.15) is 0 Å². The molecule has 1 fully saturated rings. The lowest BCUT2D eigenvalue weighted by Gasteiger charge is -2.38. The van der Waals surface area contributed by atoms with Crippen LogP contribution in [0.3, 0.4) is 0 Å². The number of nitrogens with zero attached hydrogens (tertiary/aromatic N) is 3. The molecule has 6 nitrogen and oxygen atoms in total. The van der Waals surface area contributed by atoms with Crippen molar-refractivity contribution >= 4 is 11.7 Å². The van der Waals surface area contributed by atoms with Gasteiger partial charge in [-0.25, -0.2) is 9.78 Å². The van der Waals surface area contributed by atoms with Crippen LogP contribution >= 0.6 is 0 Å². The number of piperidine rings is 1. The Kier molecular flexibility index (Phi) is 4.71. The van der Waals surface area contributed by atoms with Crippen LogP contribution in [0.2, 0.25) is 0 Å². The second-order valence-corrected chi connectivity index (χ2v) is 6.99. The first kappa shape index (κ1) is 17.4. The molecule has 1 saturated heterocycles. The van der Waals surface area contributed by atoms with E-state index in [1.54, 1.807) is 11.1 Å². The van der Waals surface area contributed by atoms with Crippen LogP contribution < -0.4 is 10.5 Å². The molecule has 1 aliphatic heterocycles. The molecule has 2 amide bonds. The fourth-order valence-corrected chi connectivity index (χ4v) is 3.81. The van der Waals surface area contributed by atoms with Crippen LogP contribution in [-0.4, -0.2) is 39.0 Å². The van der Waals surface area contributed by atoms with Gasteiger partial charge < -0.3 is 19.8 Å². The van der Waals surface area contributed by atoms with Gasteiger partial charge in [0.25, 0.3) is 0 Å². The fraction of sp³-hybridized carbons (Fsp3) is 0.333. The molecule has 1 aromatic carbocycles. The van der Waals surface area contributed by atoms with E-state index in [4.69, 9.17) is 10.5 Å². The number of amides is 2. The first-order valence-corrected chi connectivity index (χ1v) is 9.40. The van der Waals surface area contributed by atoms with Crippen LogP contribution in [0.15, 0.2) is 55.0 Å². The van der Waals surface area contributed by atoms with E-state index < -0.39 is 0 Å². The average Bonchev–Trinajstić information content (AvgIpc) is 3.16. The number of imidazole rings is 1. The Hall–Kier alpha value is -3.02. The lowest BCUT2D eigenvalue weighted by atomic mass is 9.97. The number of pyridine rings is 1. The molecule has 3 heterocycles. The topological polar surface area (TPSA) is 72.9 Å². The van der Waals surface area contributed by atoms with Crippen molar-refractivity contribution in [3.63, 3.8) is 0 Å². The van der Waals surface area contributed by atoms with Gasteiger partial charge in [0.15, 0.2) is 0 Å². The number of hydrogen-bond donors (Lipinski definition) is 1. The van der Waals surface area contributed by atoms with Crippen molar-refractivity contribution in [2.24, 2.45) is 5.73 Å². The highest BCUT2D eigenvalue weighted by molar-refractivity contribution is 5.72. The third kappa shape index (κ3) is 3.60. The number of hydrogen-bond acceptors (Lipinski definition) is 3. The maximum atomic E-state index is 11.5. The molecule has 27 heavy (non-hydrogen) atoms. The summed E-state index contributed by atoms with van der Waals surface area (Å²) < 4.78 is 8.16. The molecule has 6 heteroatoms. The largest absolute Gasteiger partial charge is 0.490 e. The molecule has 1 aliphatic rings. The molecule has 2 aromatic heterocycles. The second-order valence-electron chi connectivity index (χ2n) is 6.99. The molecule has 0 spiro atoms. The molecular weight excluding hydrogens is 340 g/mol. The van der Waals surface area contributed by atoms with E-state index in [1.807, 2.05) is 28.9 Å². The smallest absolute Gasteiger partial charge is 0.315 e. The van der Waals surface area contributed by atoms with E-state index in [-0.39, 0.29) is 18.2 Å². The zero-order valence-corrected chi connectivity index (χ0v) is 15.4. The maximum absolute atomic E-state index is 11.5. The lowest BCUT2D eigenvalue weighted by molar-refractivity contribution is 0.0752. The van der Waals surface area contributed by atoms with Gasteiger partial charge in [-0.05, 0) is 41.8 Å². The molecule has 2 unspecified atom stereocenters. The highest BCUT2D eigenvalue weighted by Crippen LogP contribution is 2.27. The van der Waals surface area contributed by atoms with Crippen molar-refractivity contribution in [3.05, 3.63) is 55.0 Å². The Morgan fingerprint density at radius 3 is 2.78 bits per heavy atom. The Morgan fingerprint density at radius 1 is 1.22 bits per heavy atom. The molecule has 0 radical (unpaired) electrons. The number of benzene rings is 1. The summed E-state index contributed by atoms with van der Waals surface area (Å²) in [5.41, 5.74) is 8.65. The molecule has 0 saturated carbocycles. The second kappa shape index (κ2) is 7.31. The van der Waals surface area contributed by atoms with Gasteiger partial charge in [-0.15, -0.1) is 0 Å². The van der Waals surface area contributed by atoms with Gasteiger partial charge in [-0.1, -0.05) is 19.1 Å². The Morgan fingerprint density at radius 2 is 2.04 bits per heavy atom. The quantitative estimate of drug-likeness (QED) is 0.767. The number of primary amides is 1. The van der Waals surface area contributed by atoms with Crippen LogP contribution in [0.4, 0.5) is 4.79 Å². The van der Waals surface area contributed by atoms with Gasteiger partial charge in [-0.3, -0.25) is 0 Å². The van der Waals surface area contributed by atoms with Gasteiger partial charge in [0.2, 0.25) is 0 Å². The summed E-state index contributed by atoms with van der Waals surface area (Å²) >= 11 is 0. The Bertz CT molecular complexity index is 935. The third-order valence-corrected chi connectivity index (χ3v) is 5.31. The van der Waals surface area contributed by atoms with Crippen LogP contribution in [0.1, 0.15) is 26.2 Å². The summed E-state index contributed by atoms with van der Waals surface area (Å²) in [4.78, 5) is 17.6. The predicted octanol–water partition coefficient (Wildman–Crippen LogP) is 3.70. The highest BCUT2D eigenvalue weighted by Gasteiger charge is 2.30. The molecule has 3 aromatic rings. The minimum absolute atomic E-state index is 0.109. The van der Waals surface area contributed by atoms with Crippen LogP contribution in [0.5, 0.6) is 5.75 Å². The number of aromatic nitrogens is 2. The van der Waals surface area contributed by atoms with E-state index in [9.17, 15) is 4.79 Å². The normalized spacial score (nSPS) is 20.0. The number of ether oxygens (including phenoxy) is 1. The van der Waals surface area contributed by atoms with Gasteiger partial charge in [0.1, 0.15) is 17.5 Å². The monoisotopic (exact) mass is 364 g/mol. The SMILES string of the molecule is CCC1CC(Oc2ccc(-c3ccn4ccnc4c3)cc2)CCN1C(N)=O. The van der Waals surface area contributed by atoms with Crippen molar-refractivity contribution in [3.8, 4) is 16.9 Å². The van der Waals surface area contributed by atoms with E-state index in [2.05, 4.69) is 36.2 Å². The summed E-state index contributed by atoms with van der Waals surface area (Å²) in [6, 6.07) is 12.1. The fourth-order valence-electron chi connectivity index (χ4n) is 3.81. The number of rotatable bonds is 4. The van der Waals surface area contributed by atoms with Crippen molar-refractivity contribution < 1.29 is 9.53 Å². The highest BCUT2D eigenvalue weighted by atomic mass is 16.5. The van der Waals surface area contributed by atoms with E-state index in [1.165, 1.54) is 0 Å². The van der Waals surface area contributed by atoms with Crippen LogP contribution in [-0.2, 0) is 0 Å². The molecule has 4 rings (SSSR count). The first-order valence-electron chi connectivity index (χ1n) is 9.40. The van der Waals surface area contributed by atoms with Gasteiger partial charge in [0, 0.05) is 44.0 Å². The molecule has 2 N–H and O–H groups in total. The summed E-state index contributed by atoms with van der Waals surface area (Å²) in [7, 11) is 0. The summed E-state index contributed by atoms with van der Waals surface area (Å²) in [6.45, 7) is 2.73. The third-order valence-electron chi connectivity index (χ3n) is 5.31. The number of urea groups is 1. The first-order chi connectivity index (χ1) is 13.1. The Labute approximate surface area is 158 Å². The van der Waals surface area contributed by atoms with Crippen molar-refractivity contribution in [1.29, 1.82) is 0 Å². The number of nitrogens with two attached hydrogens (primary N) is 1. The number of likely N-dealkylation sites (tertiary alicyclic amines) is 1. The summed E-state index contributed by atoms with van der Waals surface area (Å²) in [6.07, 6.45) is 8.36. The summed E-state index contributed by atoms with van der Waals surface area (Å²) in [5.74, 6) is 0.855. The zero-order valence-electron chi connectivity index (χ0n) is 15.4. The minimum atomic E-state index is -0.334. The lowest BCUT2D eigenvalue weighted by Crippen LogP contribution is -2.50. The number of fused-ring (bicyclic) bond motifs is 1. The molecule has 140 valence electrons. The van der Waals surface area contributed by atoms with Crippen LogP contribution in [0, 0.1) is 0 Å². The number of carbonyl (C=O) groups excluding carboxylic acids is 1. The summed E-state index contributed by atoms with van der Waals surface area (Å²) in [5, 5.41) is 0. The van der Waals surface area contributed by atoms with Gasteiger partial charge >= 0.3 is 6.03 Å². The molecule has 0 aliphatic carbocycles.